The summed E-state index contributed by atoms with van der Waals surface area (Å²) in [5.74, 6) is 1.91. The molecule has 0 bridgehead atoms. The second-order valence-electron chi connectivity index (χ2n) is 5.08. The fourth-order valence-corrected chi connectivity index (χ4v) is 2.37. The highest BCUT2D eigenvalue weighted by Gasteiger charge is 2.06. The van der Waals surface area contributed by atoms with Gasteiger partial charge < -0.3 is 15.2 Å². The van der Waals surface area contributed by atoms with Crippen LogP contribution in [0.2, 0.25) is 0 Å². The third-order valence-corrected chi connectivity index (χ3v) is 3.52. The smallest absolute Gasteiger partial charge is 0.191 e. The van der Waals surface area contributed by atoms with Gasteiger partial charge in [0.15, 0.2) is 5.96 Å². The number of nitrogens with zero attached hydrogens (tertiary/aromatic N) is 3. The second-order valence-corrected chi connectivity index (χ2v) is 5.08. The molecular formula is C16H25N5. The van der Waals surface area contributed by atoms with Crippen molar-refractivity contribution in [3.63, 3.8) is 0 Å². The number of nitrogens with one attached hydrogen (secondary N) is 2. The van der Waals surface area contributed by atoms with E-state index in [2.05, 4.69) is 50.3 Å². The number of unbranched alkanes of at least 4 members (excludes halogenated alkanes) is 1. The largest absolute Gasteiger partial charge is 0.356 e. The van der Waals surface area contributed by atoms with Crippen molar-refractivity contribution in [1.29, 1.82) is 0 Å². The van der Waals surface area contributed by atoms with Crippen LogP contribution in [0.1, 0.15) is 25.6 Å². The van der Waals surface area contributed by atoms with Gasteiger partial charge in [0.1, 0.15) is 5.82 Å². The Balaban J connectivity index is 1.91. The molecule has 1 aromatic carbocycles. The third-order valence-electron chi connectivity index (χ3n) is 3.52. The molecule has 2 rings (SSSR count). The molecule has 0 saturated carbocycles. The van der Waals surface area contributed by atoms with Gasteiger partial charge in [-0.3, -0.25) is 4.99 Å². The number of hydrogen-bond acceptors (Lipinski definition) is 2. The predicted molar refractivity (Wildman–Crippen MR) is 88.7 cm³/mol. The zero-order valence-corrected chi connectivity index (χ0v) is 13.2. The van der Waals surface area contributed by atoms with Crippen LogP contribution in [-0.2, 0) is 6.54 Å². The predicted octanol–water partition coefficient (Wildman–Crippen LogP) is 2.31. The second kappa shape index (κ2) is 7.67. The Morgan fingerprint density at radius 2 is 2.00 bits per heavy atom. The molecule has 0 aliphatic rings. The zero-order chi connectivity index (χ0) is 15.1. The van der Waals surface area contributed by atoms with Gasteiger partial charge >= 0.3 is 0 Å². The summed E-state index contributed by atoms with van der Waals surface area (Å²) in [6, 6.07) is 8.25. The average Bonchev–Trinajstić information content (AvgIpc) is 2.82. The molecule has 0 spiro atoms. The topological polar surface area (TPSA) is 54.2 Å². The van der Waals surface area contributed by atoms with Gasteiger partial charge in [0.05, 0.1) is 11.0 Å². The summed E-state index contributed by atoms with van der Waals surface area (Å²) < 4.78 is 2.24. The Hall–Kier alpha value is -2.04. The lowest BCUT2D eigenvalue weighted by Crippen LogP contribution is -2.39. The van der Waals surface area contributed by atoms with Gasteiger partial charge in [-0.2, -0.15) is 0 Å². The zero-order valence-electron chi connectivity index (χ0n) is 13.2. The molecule has 0 atom stereocenters. The van der Waals surface area contributed by atoms with Crippen molar-refractivity contribution in [2.45, 2.75) is 33.2 Å². The molecule has 1 aromatic heterocycles. The maximum atomic E-state index is 4.58. The minimum Gasteiger partial charge on any atom is -0.356 e. The van der Waals surface area contributed by atoms with E-state index in [9.17, 15) is 0 Å². The summed E-state index contributed by atoms with van der Waals surface area (Å²) in [5.41, 5.74) is 2.24. The number of guanidine groups is 1. The normalized spacial score (nSPS) is 11.9. The van der Waals surface area contributed by atoms with Crippen molar-refractivity contribution in [3.05, 3.63) is 30.1 Å². The van der Waals surface area contributed by atoms with E-state index in [4.69, 9.17) is 0 Å². The molecule has 114 valence electrons. The summed E-state index contributed by atoms with van der Waals surface area (Å²) in [6.07, 6.45) is 2.34. The van der Waals surface area contributed by atoms with Crippen LogP contribution in [-0.4, -0.2) is 35.6 Å². The minimum atomic E-state index is 0.826. The van der Waals surface area contributed by atoms with E-state index in [0.29, 0.717) is 0 Å². The number of para-hydroxylation sites is 2. The van der Waals surface area contributed by atoms with E-state index in [1.807, 2.05) is 13.0 Å². The Bertz CT molecular complexity index is 600. The Labute approximate surface area is 126 Å². The summed E-state index contributed by atoms with van der Waals surface area (Å²) in [5, 5.41) is 6.67. The molecule has 1 heterocycles. The van der Waals surface area contributed by atoms with Crippen molar-refractivity contribution < 1.29 is 0 Å². The van der Waals surface area contributed by atoms with Crippen molar-refractivity contribution in [2.24, 2.45) is 4.99 Å². The molecule has 2 aromatic rings. The first kappa shape index (κ1) is 15.4. The van der Waals surface area contributed by atoms with Crippen LogP contribution in [0.25, 0.3) is 11.0 Å². The molecule has 5 heteroatoms. The molecule has 0 aliphatic heterocycles. The molecule has 2 N–H and O–H groups in total. The maximum Gasteiger partial charge on any atom is 0.191 e. The molecule has 0 fully saturated rings. The van der Waals surface area contributed by atoms with Crippen LogP contribution in [0.3, 0.4) is 0 Å². The Morgan fingerprint density at radius 3 is 2.76 bits per heavy atom. The lowest BCUT2D eigenvalue weighted by Gasteiger charge is -2.12. The summed E-state index contributed by atoms with van der Waals surface area (Å²) in [6.45, 7) is 6.90. The summed E-state index contributed by atoms with van der Waals surface area (Å²) in [4.78, 5) is 8.81. The number of hydrogen-bond donors (Lipinski definition) is 2. The fourth-order valence-electron chi connectivity index (χ4n) is 2.37. The SMILES string of the molecule is CCCCNC(=NC)NCCn1c(C)nc2ccccc21. The van der Waals surface area contributed by atoms with E-state index >= 15 is 0 Å². The highest BCUT2D eigenvalue weighted by atomic mass is 15.2. The first-order valence-corrected chi connectivity index (χ1v) is 7.62. The highest BCUT2D eigenvalue weighted by molar-refractivity contribution is 5.79. The molecule has 0 radical (unpaired) electrons. The van der Waals surface area contributed by atoms with Gasteiger partial charge in [-0.25, -0.2) is 4.98 Å². The number of aryl methyl sites for hydroxylation is 1. The van der Waals surface area contributed by atoms with Gasteiger partial charge in [0.2, 0.25) is 0 Å². The van der Waals surface area contributed by atoms with Crippen molar-refractivity contribution in [2.75, 3.05) is 20.1 Å². The van der Waals surface area contributed by atoms with E-state index in [1.165, 1.54) is 11.9 Å². The number of aromatic nitrogens is 2. The molecule has 0 aliphatic carbocycles. The Kier molecular flexibility index (Phi) is 5.60. The number of aliphatic imine (C=N–C) groups is 1. The number of fused-ring (bicyclic) bond motifs is 1. The number of rotatable bonds is 6. The number of imidazole rings is 1. The minimum absolute atomic E-state index is 0.826. The third kappa shape index (κ3) is 3.97. The van der Waals surface area contributed by atoms with Gasteiger partial charge in [-0.1, -0.05) is 25.5 Å². The van der Waals surface area contributed by atoms with Crippen LogP contribution in [0.4, 0.5) is 0 Å². The van der Waals surface area contributed by atoms with Crippen LogP contribution in [0.15, 0.2) is 29.3 Å². The summed E-state index contributed by atoms with van der Waals surface area (Å²) >= 11 is 0. The monoisotopic (exact) mass is 287 g/mol. The van der Waals surface area contributed by atoms with Gasteiger partial charge in [0, 0.05) is 26.7 Å². The quantitative estimate of drug-likeness (QED) is 0.487. The molecule has 0 saturated heterocycles. The molecular weight excluding hydrogens is 262 g/mol. The van der Waals surface area contributed by atoms with Gasteiger partial charge in [-0.15, -0.1) is 0 Å². The molecule has 21 heavy (non-hydrogen) atoms. The highest BCUT2D eigenvalue weighted by Crippen LogP contribution is 2.14. The van der Waals surface area contributed by atoms with E-state index in [0.717, 1.165) is 43.4 Å². The molecule has 0 amide bonds. The van der Waals surface area contributed by atoms with E-state index in [-0.39, 0.29) is 0 Å². The van der Waals surface area contributed by atoms with Crippen molar-refractivity contribution in [3.8, 4) is 0 Å². The molecule has 0 unspecified atom stereocenters. The van der Waals surface area contributed by atoms with E-state index in [1.54, 1.807) is 7.05 Å². The van der Waals surface area contributed by atoms with Crippen molar-refractivity contribution in [1.82, 2.24) is 20.2 Å². The van der Waals surface area contributed by atoms with Crippen LogP contribution >= 0.6 is 0 Å². The van der Waals surface area contributed by atoms with Crippen LogP contribution in [0.5, 0.6) is 0 Å². The lowest BCUT2D eigenvalue weighted by atomic mass is 10.3. The van der Waals surface area contributed by atoms with Gasteiger partial charge in [-0.05, 0) is 25.5 Å². The van der Waals surface area contributed by atoms with Gasteiger partial charge in [0.25, 0.3) is 0 Å². The fraction of sp³-hybridized carbons (Fsp3) is 0.500. The lowest BCUT2D eigenvalue weighted by molar-refractivity contribution is 0.655. The van der Waals surface area contributed by atoms with Crippen LogP contribution < -0.4 is 10.6 Å². The standard InChI is InChI=1S/C16H25N5/c1-4-5-10-18-16(17-3)19-11-12-21-13(2)20-14-8-6-7-9-15(14)21/h6-9H,4-5,10-12H2,1-3H3,(H2,17,18,19). The Morgan fingerprint density at radius 1 is 1.24 bits per heavy atom. The van der Waals surface area contributed by atoms with Crippen molar-refractivity contribution >= 4 is 17.0 Å². The average molecular weight is 287 g/mol. The molecule has 5 nitrogen and oxygen atoms in total. The first-order valence-electron chi connectivity index (χ1n) is 7.62. The van der Waals surface area contributed by atoms with Crippen LogP contribution in [0, 0.1) is 6.92 Å². The first-order chi connectivity index (χ1) is 10.3. The van der Waals surface area contributed by atoms with E-state index < -0.39 is 0 Å². The summed E-state index contributed by atoms with van der Waals surface area (Å²) in [7, 11) is 1.80. The number of benzene rings is 1. The maximum absolute atomic E-state index is 4.58.